The molecule has 31 heavy (non-hydrogen) atoms. The molecule has 0 spiro atoms. The highest BCUT2D eigenvalue weighted by Crippen LogP contribution is 2.25. The molecule has 0 aliphatic carbocycles. The zero-order valence-electron chi connectivity index (χ0n) is 17.1. The van der Waals surface area contributed by atoms with E-state index in [1.807, 2.05) is 49.4 Å². The van der Waals surface area contributed by atoms with Gasteiger partial charge in [-0.25, -0.2) is 13.9 Å². The lowest BCUT2D eigenvalue weighted by Crippen LogP contribution is -2.31. The highest BCUT2D eigenvalue weighted by molar-refractivity contribution is 5.64. The Hall–Kier alpha value is -3.49. The minimum Gasteiger partial charge on any atom is -0.492 e. The molecule has 0 aliphatic heterocycles. The summed E-state index contributed by atoms with van der Waals surface area (Å²) >= 11 is 0. The first-order chi connectivity index (χ1) is 15.0. The van der Waals surface area contributed by atoms with Crippen molar-refractivity contribution >= 4 is 11.5 Å². The molecule has 0 saturated carbocycles. The van der Waals surface area contributed by atoms with Crippen molar-refractivity contribution in [2.45, 2.75) is 19.0 Å². The van der Waals surface area contributed by atoms with Crippen LogP contribution in [0.3, 0.4) is 0 Å². The largest absolute Gasteiger partial charge is 0.492 e. The Labute approximate surface area is 179 Å². The van der Waals surface area contributed by atoms with Crippen molar-refractivity contribution in [1.29, 1.82) is 0 Å². The van der Waals surface area contributed by atoms with Gasteiger partial charge >= 0.3 is 0 Å². The number of aromatic nitrogens is 3. The van der Waals surface area contributed by atoms with Crippen molar-refractivity contribution in [3.8, 4) is 17.0 Å². The maximum absolute atomic E-state index is 13.5. The number of imidazole rings is 1. The van der Waals surface area contributed by atoms with E-state index in [9.17, 15) is 4.39 Å². The van der Waals surface area contributed by atoms with Crippen LogP contribution < -0.4 is 15.8 Å². The number of nitrogens with zero attached hydrogens (tertiary/aromatic N) is 3. The average Bonchev–Trinajstić information content (AvgIpc) is 3.21. The Morgan fingerprint density at radius 1 is 1.16 bits per heavy atom. The quantitative estimate of drug-likeness (QED) is 0.403. The number of halogens is 1. The number of aliphatic hydroxyl groups excluding tert-OH is 1. The minimum absolute atomic E-state index is 0.116. The maximum Gasteiger partial charge on any atom is 0.154 e. The Morgan fingerprint density at radius 3 is 2.71 bits per heavy atom. The first-order valence-electron chi connectivity index (χ1n) is 10.00. The van der Waals surface area contributed by atoms with E-state index in [1.165, 1.54) is 12.1 Å². The zero-order chi connectivity index (χ0) is 21.8. The van der Waals surface area contributed by atoms with Gasteiger partial charge in [-0.3, -0.25) is 0 Å². The Bertz CT molecular complexity index is 1160. The number of fused-ring (bicyclic) bond motifs is 1. The first kappa shape index (κ1) is 20.8. The van der Waals surface area contributed by atoms with Gasteiger partial charge in [0.15, 0.2) is 5.65 Å². The van der Waals surface area contributed by atoms with E-state index in [0.29, 0.717) is 17.2 Å². The molecule has 8 heteroatoms. The van der Waals surface area contributed by atoms with Crippen LogP contribution in [0.5, 0.6) is 5.75 Å². The molecular formula is C23H24FN5O2. The van der Waals surface area contributed by atoms with Gasteiger partial charge in [-0.2, -0.15) is 0 Å². The van der Waals surface area contributed by atoms with E-state index >= 15 is 0 Å². The summed E-state index contributed by atoms with van der Waals surface area (Å²) in [6.45, 7) is 2.07. The third-order valence-corrected chi connectivity index (χ3v) is 4.92. The van der Waals surface area contributed by atoms with Gasteiger partial charge in [0.2, 0.25) is 0 Å². The van der Waals surface area contributed by atoms with Gasteiger partial charge in [-0.05, 0) is 61.0 Å². The second-order valence-electron chi connectivity index (χ2n) is 7.33. The molecule has 0 bridgehead atoms. The fraction of sp³-hybridized carbons (Fsp3) is 0.217. The SMILES string of the molecule is C[C@@H](Nc1ccc2ncc(-c3ccc(OCC(N)CO)cc3)n2n1)c1cccc(F)c1. The van der Waals surface area contributed by atoms with Gasteiger partial charge in [0.1, 0.15) is 24.0 Å². The summed E-state index contributed by atoms with van der Waals surface area (Å²) in [7, 11) is 0. The van der Waals surface area contributed by atoms with E-state index in [1.54, 1.807) is 16.8 Å². The van der Waals surface area contributed by atoms with Gasteiger partial charge < -0.3 is 20.9 Å². The standard InChI is InChI=1S/C23H24FN5O2/c1-15(17-3-2-4-18(24)11-17)27-22-9-10-23-26-12-21(29(23)28-22)16-5-7-20(8-6-16)31-14-19(25)13-30/h2-12,15,19,30H,13-14,25H2,1H3,(H,27,28)/t15-,19?/m1/s1. The monoisotopic (exact) mass is 421 g/mol. The summed E-state index contributed by atoms with van der Waals surface area (Å²) in [6, 6.07) is 17.2. The van der Waals surface area contributed by atoms with Crippen LogP contribution in [0.25, 0.3) is 16.9 Å². The van der Waals surface area contributed by atoms with Crippen molar-refractivity contribution in [2.75, 3.05) is 18.5 Å². The molecule has 2 aromatic carbocycles. The van der Waals surface area contributed by atoms with Crippen LogP contribution in [-0.4, -0.2) is 39.0 Å². The summed E-state index contributed by atoms with van der Waals surface area (Å²) in [5, 5.41) is 17.0. The van der Waals surface area contributed by atoms with Crippen LogP contribution in [0.15, 0.2) is 66.9 Å². The summed E-state index contributed by atoms with van der Waals surface area (Å²) in [6.07, 6.45) is 1.76. The Kier molecular flexibility index (Phi) is 6.11. The number of hydrogen-bond donors (Lipinski definition) is 3. The molecule has 2 aromatic heterocycles. The molecule has 4 N–H and O–H groups in total. The maximum atomic E-state index is 13.5. The number of aliphatic hydroxyl groups is 1. The summed E-state index contributed by atoms with van der Waals surface area (Å²) in [5.74, 6) is 1.05. The van der Waals surface area contributed by atoms with Gasteiger partial charge in [0.05, 0.1) is 30.6 Å². The predicted molar refractivity (Wildman–Crippen MR) is 117 cm³/mol. The van der Waals surface area contributed by atoms with Crippen molar-refractivity contribution in [3.63, 3.8) is 0 Å². The Morgan fingerprint density at radius 2 is 1.97 bits per heavy atom. The zero-order valence-corrected chi connectivity index (χ0v) is 17.1. The molecule has 2 atom stereocenters. The van der Waals surface area contributed by atoms with Gasteiger partial charge in [0, 0.05) is 5.56 Å². The van der Waals surface area contributed by atoms with Crippen molar-refractivity contribution in [3.05, 3.63) is 78.2 Å². The lowest BCUT2D eigenvalue weighted by molar-refractivity contribution is 0.206. The fourth-order valence-corrected chi connectivity index (χ4v) is 3.21. The number of hydrogen-bond acceptors (Lipinski definition) is 6. The molecule has 2 heterocycles. The summed E-state index contributed by atoms with van der Waals surface area (Å²) < 4.78 is 20.9. The van der Waals surface area contributed by atoms with Crippen LogP contribution in [0, 0.1) is 5.82 Å². The highest BCUT2D eigenvalue weighted by atomic mass is 19.1. The number of nitrogens with two attached hydrogens (primary N) is 1. The average molecular weight is 421 g/mol. The lowest BCUT2D eigenvalue weighted by Gasteiger charge is -2.15. The fourth-order valence-electron chi connectivity index (χ4n) is 3.21. The topological polar surface area (TPSA) is 97.7 Å². The molecular weight excluding hydrogens is 397 g/mol. The second-order valence-corrected chi connectivity index (χ2v) is 7.33. The molecule has 0 fully saturated rings. The van der Waals surface area contributed by atoms with Gasteiger partial charge in [-0.1, -0.05) is 12.1 Å². The lowest BCUT2D eigenvalue weighted by atomic mass is 10.1. The predicted octanol–water partition coefficient (Wildman–Crippen LogP) is 3.41. The van der Waals surface area contributed by atoms with E-state index in [2.05, 4.69) is 15.4 Å². The number of anilines is 1. The second kappa shape index (κ2) is 9.11. The number of nitrogens with one attached hydrogen (secondary N) is 1. The Balaban J connectivity index is 1.54. The minimum atomic E-state index is -0.414. The van der Waals surface area contributed by atoms with Crippen LogP contribution >= 0.6 is 0 Å². The first-order valence-corrected chi connectivity index (χ1v) is 10.00. The molecule has 4 aromatic rings. The van der Waals surface area contributed by atoms with Gasteiger partial charge in [0.25, 0.3) is 0 Å². The summed E-state index contributed by atoms with van der Waals surface area (Å²) in [5.41, 5.74) is 8.97. The van der Waals surface area contributed by atoms with Crippen LogP contribution in [0.2, 0.25) is 0 Å². The van der Waals surface area contributed by atoms with E-state index in [4.69, 9.17) is 15.6 Å². The van der Waals surface area contributed by atoms with Crippen LogP contribution in [0.4, 0.5) is 10.2 Å². The molecule has 1 unspecified atom stereocenters. The normalized spacial score (nSPS) is 13.2. The van der Waals surface area contributed by atoms with Crippen molar-refractivity contribution in [1.82, 2.24) is 14.6 Å². The molecule has 7 nitrogen and oxygen atoms in total. The molecule has 0 aliphatic rings. The number of rotatable bonds is 8. The molecule has 0 amide bonds. The molecule has 0 saturated heterocycles. The third-order valence-electron chi connectivity index (χ3n) is 4.92. The smallest absolute Gasteiger partial charge is 0.154 e. The number of ether oxygens (including phenoxy) is 1. The highest BCUT2D eigenvalue weighted by Gasteiger charge is 2.11. The molecule has 160 valence electrons. The van der Waals surface area contributed by atoms with E-state index in [0.717, 1.165) is 16.8 Å². The summed E-state index contributed by atoms with van der Waals surface area (Å²) in [4.78, 5) is 4.43. The van der Waals surface area contributed by atoms with E-state index < -0.39 is 6.04 Å². The van der Waals surface area contributed by atoms with Crippen molar-refractivity contribution < 1.29 is 14.2 Å². The third kappa shape index (κ3) is 4.82. The number of benzene rings is 2. The van der Waals surface area contributed by atoms with Gasteiger partial charge in [-0.15, -0.1) is 5.10 Å². The van der Waals surface area contributed by atoms with Crippen molar-refractivity contribution in [2.24, 2.45) is 5.73 Å². The molecule has 4 rings (SSSR count). The van der Waals surface area contributed by atoms with Crippen LogP contribution in [-0.2, 0) is 0 Å². The van der Waals surface area contributed by atoms with Crippen LogP contribution in [0.1, 0.15) is 18.5 Å². The molecule has 0 radical (unpaired) electrons. The van der Waals surface area contributed by atoms with E-state index in [-0.39, 0.29) is 25.1 Å².